The van der Waals surface area contributed by atoms with E-state index in [4.69, 9.17) is 9.15 Å². The van der Waals surface area contributed by atoms with Crippen LogP contribution in [0.5, 0.6) is 0 Å². The molecule has 5 nitrogen and oxygen atoms in total. The predicted molar refractivity (Wildman–Crippen MR) is 100 cm³/mol. The maximum atomic E-state index is 12.9. The van der Waals surface area contributed by atoms with Gasteiger partial charge in [-0.05, 0) is 43.0 Å². The molecule has 8 heteroatoms. The molecule has 2 heterocycles. The number of hydrogen-bond acceptors (Lipinski definition) is 5. The summed E-state index contributed by atoms with van der Waals surface area (Å²) in [6.07, 6.45) is -2.21. The van der Waals surface area contributed by atoms with Gasteiger partial charge in [-0.3, -0.25) is 0 Å². The van der Waals surface area contributed by atoms with Crippen LogP contribution in [0, 0.1) is 0 Å². The second-order valence-corrected chi connectivity index (χ2v) is 6.97. The van der Waals surface area contributed by atoms with E-state index in [1.807, 2.05) is 30.3 Å². The van der Waals surface area contributed by atoms with Crippen molar-refractivity contribution in [1.82, 2.24) is 4.98 Å². The summed E-state index contributed by atoms with van der Waals surface area (Å²) in [5, 5.41) is 0. The van der Waals surface area contributed by atoms with Crippen LogP contribution in [0.1, 0.15) is 30.4 Å². The predicted octanol–water partition coefficient (Wildman–Crippen LogP) is 4.95. The average Bonchev–Trinajstić information content (AvgIpc) is 3.15. The van der Waals surface area contributed by atoms with Crippen molar-refractivity contribution in [3.63, 3.8) is 0 Å². The van der Waals surface area contributed by atoms with Gasteiger partial charge in [-0.15, -0.1) is 0 Å². The first-order chi connectivity index (χ1) is 13.9. The number of benzene rings is 2. The van der Waals surface area contributed by atoms with Crippen LogP contribution in [0.25, 0.3) is 11.1 Å². The van der Waals surface area contributed by atoms with E-state index in [-0.39, 0.29) is 23.7 Å². The molecule has 0 aliphatic carbocycles. The number of ether oxygens (including phenoxy) is 1. The number of rotatable bonds is 4. The van der Waals surface area contributed by atoms with Gasteiger partial charge in [-0.2, -0.15) is 18.2 Å². The molecule has 3 aromatic rings. The number of esters is 1. The summed E-state index contributed by atoms with van der Waals surface area (Å²) in [7, 11) is 0. The second kappa shape index (κ2) is 7.77. The van der Waals surface area contributed by atoms with E-state index in [2.05, 4.69) is 4.98 Å². The molecule has 4 rings (SSSR count). The summed E-state index contributed by atoms with van der Waals surface area (Å²) in [5.74, 6) is -0.396. The number of alkyl halides is 3. The van der Waals surface area contributed by atoms with Crippen molar-refractivity contribution in [3.05, 3.63) is 59.7 Å². The van der Waals surface area contributed by atoms with Crippen molar-refractivity contribution < 1.29 is 27.1 Å². The highest BCUT2D eigenvalue weighted by Gasteiger charge is 2.34. The normalized spacial score (nSPS) is 17.5. The zero-order valence-electron chi connectivity index (χ0n) is 15.5. The number of nitrogens with zero attached hydrogens (tertiary/aromatic N) is 2. The van der Waals surface area contributed by atoms with E-state index in [0.717, 1.165) is 30.5 Å². The smallest absolute Gasteiger partial charge is 0.416 e. The van der Waals surface area contributed by atoms with E-state index in [9.17, 15) is 18.0 Å². The van der Waals surface area contributed by atoms with Crippen molar-refractivity contribution in [3.8, 4) is 0 Å². The number of oxazole rings is 1. The lowest BCUT2D eigenvalue weighted by Gasteiger charge is -2.32. The van der Waals surface area contributed by atoms with Crippen LogP contribution in [0.3, 0.4) is 0 Å². The van der Waals surface area contributed by atoms with Gasteiger partial charge in [0.05, 0.1) is 5.56 Å². The Morgan fingerprint density at radius 1 is 1.17 bits per heavy atom. The minimum Gasteiger partial charge on any atom is -0.459 e. The molecule has 0 N–H and O–H groups in total. The maximum absolute atomic E-state index is 12.9. The highest BCUT2D eigenvalue weighted by Crippen LogP contribution is 2.33. The van der Waals surface area contributed by atoms with Crippen molar-refractivity contribution in [2.75, 3.05) is 11.4 Å². The van der Waals surface area contributed by atoms with Gasteiger partial charge >= 0.3 is 12.1 Å². The van der Waals surface area contributed by atoms with Gasteiger partial charge in [-0.25, -0.2) is 4.79 Å². The van der Waals surface area contributed by atoms with Gasteiger partial charge in [-0.1, -0.05) is 30.3 Å². The monoisotopic (exact) mass is 404 g/mol. The Bertz CT molecular complexity index is 1000. The molecule has 29 heavy (non-hydrogen) atoms. The van der Waals surface area contributed by atoms with Crippen LogP contribution >= 0.6 is 0 Å². The Hall–Kier alpha value is -3.03. The number of halogens is 3. The van der Waals surface area contributed by atoms with Crippen LogP contribution in [0.15, 0.2) is 52.9 Å². The van der Waals surface area contributed by atoms with Crippen LogP contribution in [-0.4, -0.2) is 23.5 Å². The van der Waals surface area contributed by atoms with Gasteiger partial charge in [0, 0.05) is 6.54 Å². The number of carbonyl (C=O) groups is 1. The van der Waals surface area contributed by atoms with Crippen LogP contribution in [0.4, 0.5) is 19.2 Å². The molecule has 0 bridgehead atoms. The zero-order chi connectivity index (χ0) is 20.4. The minimum atomic E-state index is -4.46. The number of hydrogen-bond donors (Lipinski definition) is 0. The van der Waals surface area contributed by atoms with Crippen molar-refractivity contribution in [2.24, 2.45) is 0 Å². The van der Waals surface area contributed by atoms with Gasteiger partial charge in [0.15, 0.2) is 5.58 Å². The van der Waals surface area contributed by atoms with Crippen LogP contribution < -0.4 is 4.90 Å². The molecule has 1 aromatic heterocycles. The maximum Gasteiger partial charge on any atom is 0.416 e. The minimum absolute atomic E-state index is 0.108. The fourth-order valence-electron chi connectivity index (χ4n) is 3.44. The fraction of sp³-hybridized carbons (Fsp3) is 0.333. The van der Waals surface area contributed by atoms with E-state index in [1.54, 1.807) is 4.90 Å². The number of piperidine rings is 1. The first-order valence-electron chi connectivity index (χ1n) is 9.37. The summed E-state index contributed by atoms with van der Waals surface area (Å²) < 4.78 is 49.9. The SMILES string of the molecule is O=C(OCc1ccccc1)C1CCCCN1c1nc2cc(C(F)(F)F)ccc2o1. The molecule has 152 valence electrons. The first-order valence-corrected chi connectivity index (χ1v) is 9.37. The van der Waals surface area contributed by atoms with E-state index in [1.165, 1.54) is 6.07 Å². The van der Waals surface area contributed by atoms with Gasteiger partial charge < -0.3 is 14.1 Å². The Morgan fingerprint density at radius 2 is 1.97 bits per heavy atom. The Labute approximate surface area is 165 Å². The lowest BCUT2D eigenvalue weighted by atomic mass is 10.0. The fourth-order valence-corrected chi connectivity index (χ4v) is 3.44. The third kappa shape index (κ3) is 4.21. The van der Waals surface area contributed by atoms with Gasteiger partial charge in [0.1, 0.15) is 18.2 Å². The molecule has 0 saturated carbocycles. The zero-order valence-corrected chi connectivity index (χ0v) is 15.5. The van der Waals surface area contributed by atoms with Crippen molar-refractivity contribution in [1.29, 1.82) is 0 Å². The van der Waals surface area contributed by atoms with Crippen LogP contribution in [0.2, 0.25) is 0 Å². The number of carbonyl (C=O) groups excluding carboxylic acids is 1. The molecule has 1 fully saturated rings. The van der Waals surface area contributed by atoms with Gasteiger partial charge in [0.25, 0.3) is 6.01 Å². The highest BCUT2D eigenvalue weighted by atomic mass is 19.4. The van der Waals surface area contributed by atoms with Crippen molar-refractivity contribution in [2.45, 2.75) is 38.1 Å². The van der Waals surface area contributed by atoms with E-state index in [0.29, 0.717) is 13.0 Å². The summed E-state index contributed by atoms with van der Waals surface area (Å²) >= 11 is 0. The highest BCUT2D eigenvalue weighted by molar-refractivity contribution is 5.81. The number of anilines is 1. The largest absolute Gasteiger partial charge is 0.459 e. The lowest BCUT2D eigenvalue weighted by molar-refractivity contribution is -0.147. The summed E-state index contributed by atoms with van der Waals surface area (Å²) in [6.45, 7) is 0.677. The lowest BCUT2D eigenvalue weighted by Crippen LogP contribution is -2.45. The number of fused-ring (bicyclic) bond motifs is 1. The molecule has 1 saturated heterocycles. The van der Waals surface area contributed by atoms with Crippen molar-refractivity contribution >= 4 is 23.1 Å². The van der Waals surface area contributed by atoms with E-state index >= 15 is 0 Å². The Balaban J connectivity index is 1.54. The third-order valence-corrected chi connectivity index (χ3v) is 4.95. The molecule has 0 spiro atoms. The second-order valence-electron chi connectivity index (χ2n) is 6.97. The van der Waals surface area contributed by atoms with E-state index < -0.39 is 23.8 Å². The average molecular weight is 404 g/mol. The molecule has 2 aromatic carbocycles. The summed E-state index contributed by atoms with van der Waals surface area (Å²) in [4.78, 5) is 18.6. The first kappa shape index (κ1) is 19.3. The molecule has 1 aliphatic rings. The third-order valence-electron chi connectivity index (χ3n) is 4.95. The molecular weight excluding hydrogens is 385 g/mol. The Kier molecular flexibility index (Phi) is 5.17. The molecular formula is C21H19F3N2O3. The molecule has 1 atom stereocenters. The number of aromatic nitrogens is 1. The molecule has 0 amide bonds. The Morgan fingerprint density at radius 3 is 2.72 bits per heavy atom. The summed E-state index contributed by atoms with van der Waals surface area (Å²) in [5.41, 5.74) is 0.443. The quantitative estimate of drug-likeness (QED) is 0.576. The van der Waals surface area contributed by atoms with Gasteiger partial charge in [0.2, 0.25) is 0 Å². The summed E-state index contributed by atoms with van der Waals surface area (Å²) in [6, 6.07) is 12.1. The molecule has 0 radical (unpaired) electrons. The molecule has 1 aliphatic heterocycles. The topological polar surface area (TPSA) is 55.6 Å². The van der Waals surface area contributed by atoms with Crippen LogP contribution in [-0.2, 0) is 22.3 Å². The molecule has 1 unspecified atom stereocenters. The standard InChI is InChI=1S/C21H19F3N2O3/c22-21(23,24)15-9-10-18-16(12-15)25-20(29-18)26-11-5-4-8-17(26)19(27)28-13-14-6-2-1-3-7-14/h1-3,6-7,9-10,12,17H,4-5,8,11,13H2.